The number of rotatable bonds is 5. The Morgan fingerprint density at radius 2 is 1.83 bits per heavy atom. The fourth-order valence-corrected chi connectivity index (χ4v) is 3.75. The molecule has 1 fully saturated rings. The summed E-state index contributed by atoms with van der Waals surface area (Å²) < 4.78 is 5.58. The van der Waals surface area contributed by atoms with E-state index in [1.165, 1.54) is 42.6 Å². The molecule has 3 nitrogen and oxygen atoms in total. The Hall–Kier alpha value is -1.84. The summed E-state index contributed by atoms with van der Waals surface area (Å²) in [6, 6.07) is 18.1. The van der Waals surface area contributed by atoms with Gasteiger partial charge in [-0.25, -0.2) is 0 Å². The van der Waals surface area contributed by atoms with E-state index in [9.17, 15) is 0 Å². The van der Waals surface area contributed by atoms with Crippen LogP contribution >= 0.6 is 0 Å². The van der Waals surface area contributed by atoms with Gasteiger partial charge < -0.3 is 10.1 Å². The quantitative estimate of drug-likeness (QED) is 0.913. The van der Waals surface area contributed by atoms with Crippen LogP contribution in [-0.4, -0.2) is 30.6 Å². The van der Waals surface area contributed by atoms with Crippen molar-refractivity contribution in [3.63, 3.8) is 0 Å². The maximum atomic E-state index is 5.58. The molecular weight excluding hydrogens is 296 g/mol. The van der Waals surface area contributed by atoms with Crippen LogP contribution < -0.4 is 10.1 Å². The Morgan fingerprint density at radius 1 is 1.00 bits per heavy atom. The Bertz CT molecular complexity index is 663. The number of piperidine rings is 1. The molecule has 2 aliphatic heterocycles. The first-order valence-electron chi connectivity index (χ1n) is 9.11. The van der Waals surface area contributed by atoms with Gasteiger partial charge in [-0.3, -0.25) is 4.90 Å². The van der Waals surface area contributed by atoms with Crippen LogP contribution in [0.3, 0.4) is 0 Å². The zero-order chi connectivity index (χ0) is 16.2. The van der Waals surface area contributed by atoms with Crippen molar-refractivity contribution < 1.29 is 4.74 Å². The van der Waals surface area contributed by atoms with E-state index in [2.05, 4.69) is 58.7 Å². The SMILES string of the molecule is c1ccc(CN2CCC(NCc3ccc4c(c3)CCO4)CC2)cc1. The highest BCUT2D eigenvalue weighted by Gasteiger charge is 2.19. The fourth-order valence-electron chi connectivity index (χ4n) is 3.75. The number of fused-ring (bicyclic) bond motifs is 1. The summed E-state index contributed by atoms with van der Waals surface area (Å²) in [5, 5.41) is 3.75. The average molecular weight is 322 g/mol. The summed E-state index contributed by atoms with van der Waals surface area (Å²) in [5.41, 5.74) is 4.17. The van der Waals surface area contributed by atoms with Gasteiger partial charge in [0, 0.05) is 25.6 Å². The molecule has 2 aliphatic rings. The summed E-state index contributed by atoms with van der Waals surface area (Å²) in [6.45, 7) is 5.26. The maximum Gasteiger partial charge on any atom is 0.122 e. The van der Waals surface area contributed by atoms with Crippen molar-refractivity contribution >= 4 is 0 Å². The Morgan fingerprint density at radius 3 is 2.67 bits per heavy atom. The molecule has 0 spiro atoms. The first kappa shape index (κ1) is 15.7. The number of nitrogens with zero attached hydrogens (tertiary/aromatic N) is 1. The van der Waals surface area contributed by atoms with Crippen molar-refractivity contribution in [3.05, 3.63) is 65.2 Å². The zero-order valence-corrected chi connectivity index (χ0v) is 14.2. The molecule has 2 aromatic rings. The largest absolute Gasteiger partial charge is 0.493 e. The van der Waals surface area contributed by atoms with Gasteiger partial charge in [0.25, 0.3) is 0 Å². The molecule has 2 heterocycles. The second-order valence-electron chi connectivity index (χ2n) is 6.96. The molecular formula is C21H26N2O. The van der Waals surface area contributed by atoms with Gasteiger partial charge in [-0.1, -0.05) is 42.5 Å². The molecule has 0 radical (unpaired) electrons. The molecule has 24 heavy (non-hydrogen) atoms. The first-order valence-corrected chi connectivity index (χ1v) is 9.11. The summed E-state index contributed by atoms with van der Waals surface area (Å²) in [6.07, 6.45) is 3.53. The van der Waals surface area contributed by atoms with Crippen LogP contribution in [0, 0.1) is 0 Å². The highest BCUT2D eigenvalue weighted by molar-refractivity contribution is 5.39. The minimum atomic E-state index is 0.640. The van der Waals surface area contributed by atoms with Crippen LogP contribution in [0.2, 0.25) is 0 Å². The predicted octanol–water partition coefficient (Wildman–Crippen LogP) is 3.38. The summed E-state index contributed by atoms with van der Waals surface area (Å²) in [4.78, 5) is 2.57. The predicted molar refractivity (Wildman–Crippen MR) is 97.2 cm³/mol. The normalized spacial score (nSPS) is 18.3. The van der Waals surface area contributed by atoms with Crippen LogP contribution in [0.1, 0.15) is 29.5 Å². The second kappa shape index (κ2) is 7.37. The molecule has 2 aromatic carbocycles. The van der Waals surface area contributed by atoms with Crippen LogP contribution in [0.15, 0.2) is 48.5 Å². The van der Waals surface area contributed by atoms with Crippen molar-refractivity contribution in [2.24, 2.45) is 0 Å². The number of benzene rings is 2. The van der Waals surface area contributed by atoms with Gasteiger partial charge in [-0.15, -0.1) is 0 Å². The fraction of sp³-hybridized carbons (Fsp3) is 0.429. The monoisotopic (exact) mass is 322 g/mol. The average Bonchev–Trinajstić information content (AvgIpc) is 3.10. The lowest BCUT2D eigenvalue weighted by Gasteiger charge is -2.32. The summed E-state index contributed by atoms with van der Waals surface area (Å²) in [7, 11) is 0. The summed E-state index contributed by atoms with van der Waals surface area (Å²) >= 11 is 0. The number of hydrogen-bond acceptors (Lipinski definition) is 3. The van der Waals surface area contributed by atoms with Gasteiger partial charge in [0.05, 0.1) is 6.61 Å². The van der Waals surface area contributed by atoms with Crippen molar-refractivity contribution in [3.8, 4) is 5.75 Å². The van der Waals surface area contributed by atoms with E-state index >= 15 is 0 Å². The van der Waals surface area contributed by atoms with E-state index < -0.39 is 0 Å². The van der Waals surface area contributed by atoms with Gasteiger partial charge in [0.2, 0.25) is 0 Å². The molecule has 3 heteroatoms. The smallest absolute Gasteiger partial charge is 0.122 e. The highest BCUT2D eigenvalue weighted by Crippen LogP contribution is 2.26. The number of ether oxygens (including phenoxy) is 1. The molecule has 0 bridgehead atoms. The number of likely N-dealkylation sites (tertiary alicyclic amines) is 1. The van der Waals surface area contributed by atoms with Crippen LogP contribution in [0.25, 0.3) is 0 Å². The Balaban J connectivity index is 1.23. The molecule has 1 saturated heterocycles. The van der Waals surface area contributed by atoms with Crippen molar-refractivity contribution in [1.82, 2.24) is 10.2 Å². The molecule has 0 unspecified atom stereocenters. The first-order chi connectivity index (χ1) is 11.9. The third kappa shape index (κ3) is 3.80. The molecule has 0 aliphatic carbocycles. The summed E-state index contributed by atoms with van der Waals surface area (Å²) in [5.74, 6) is 1.08. The topological polar surface area (TPSA) is 24.5 Å². The van der Waals surface area contributed by atoms with Crippen LogP contribution in [-0.2, 0) is 19.5 Å². The third-order valence-corrected chi connectivity index (χ3v) is 5.19. The van der Waals surface area contributed by atoms with E-state index in [1.807, 2.05) is 0 Å². The third-order valence-electron chi connectivity index (χ3n) is 5.19. The van der Waals surface area contributed by atoms with Gasteiger partial charge in [-0.05, 0) is 48.7 Å². The van der Waals surface area contributed by atoms with Crippen molar-refractivity contribution in [1.29, 1.82) is 0 Å². The van der Waals surface area contributed by atoms with E-state index in [4.69, 9.17) is 4.74 Å². The van der Waals surface area contributed by atoms with E-state index in [0.29, 0.717) is 6.04 Å². The molecule has 0 aromatic heterocycles. The lowest BCUT2D eigenvalue weighted by molar-refractivity contribution is 0.190. The molecule has 4 rings (SSSR count). The van der Waals surface area contributed by atoms with Gasteiger partial charge >= 0.3 is 0 Å². The number of nitrogens with one attached hydrogen (secondary N) is 1. The van der Waals surface area contributed by atoms with E-state index in [1.54, 1.807) is 0 Å². The minimum Gasteiger partial charge on any atom is -0.493 e. The van der Waals surface area contributed by atoms with Gasteiger partial charge in [-0.2, -0.15) is 0 Å². The Kier molecular flexibility index (Phi) is 4.81. The molecule has 0 saturated carbocycles. The zero-order valence-electron chi connectivity index (χ0n) is 14.2. The molecule has 0 amide bonds. The maximum absolute atomic E-state index is 5.58. The Labute approximate surface area is 144 Å². The van der Waals surface area contributed by atoms with E-state index in [0.717, 1.165) is 31.9 Å². The highest BCUT2D eigenvalue weighted by atomic mass is 16.5. The molecule has 126 valence electrons. The van der Waals surface area contributed by atoms with Crippen molar-refractivity contribution in [2.45, 2.75) is 38.4 Å². The second-order valence-corrected chi connectivity index (χ2v) is 6.96. The lowest BCUT2D eigenvalue weighted by atomic mass is 10.0. The van der Waals surface area contributed by atoms with Gasteiger partial charge in [0.15, 0.2) is 0 Å². The van der Waals surface area contributed by atoms with Crippen molar-refractivity contribution in [2.75, 3.05) is 19.7 Å². The standard InChI is InChI=1S/C21H26N2O/c1-2-4-17(5-3-1)16-23-11-8-20(9-12-23)22-15-18-6-7-21-19(14-18)10-13-24-21/h1-7,14,20,22H,8-13,15-16H2. The minimum absolute atomic E-state index is 0.640. The number of hydrogen-bond donors (Lipinski definition) is 1. The lowest BCUT2D eigenvalue weighted by Crippen LogP contribution is -2.41. The van der Waals surface area contributed by atoms with Gasteiger partial charge in [0.1, 0.15) is 5.75 Å². The molecule has 0 atom stereocenters. The van der Waals surface area contributed by atoms with Crippen LogP contribution in [0.4, 0.5) is 0 Å². The van der Waals surface area contributed by atoms with Crippen LogP contribution in [0.5, 0.6) is 5.75 Å². The van der Waals surface area contributed by atoms with E-state index in [-0.39, 0.29) is 0 Å². The molecule has 1 N–H and O–H groups in total.